The maximum Gasteiger partial charge on any atom is 0.350 e. The van der Waals surface area contributed by atoms with Crippen molar-refractivity contribution in [1.82, 2.24) is 19.5 Å². The van der Waals surface area contributed by atoms with Crippen molar-refractivity contribution in [2.45, 2.75) is 25.9 Å². The zero-order valence-corrected chi connectivity index (χ0v) is 13.5. The molecule has 3 aromatic rings. The number of hydrogen-bond donors (Lipinski definition) is 1. The van der Waals surface area contributed by atoms with E-state index in [0.717, 1.165) is 18.5 Å². The van der Waals surface area contributed by atoms with Crippen LogP contribution in [0.2, 0.25) is 0 Å². The summed E-state index contributed by atoms with van der Waals surface area (Å²) in [6, 6.07) is 15.4. The van der Waals surface area contributed by atoms with E-state index in [-0.39, 0.29) is 11.7 Å². The van der Waals surface area contributed by atoms with E-state index in [1.54, 1.807) is 10.6 Å². The second-order valence-electron chi connectivity index (χ2n) is 5.70. The fourth-order valence-corrected chi connectivity index (χ4v) is 2.63. The minimum absolute atomic E-state index is 0.106. The molecule has 1 N–H and O–H groups in total. The van der Waals surface area contributed by atoms with Gasteiger partial charge in [-0.15, -0.1) is 5.10 Å². The summed E-state index contributed by atoms with van der Waals surface area (Å²) in [4.78, 5) is 12.2. The zero-order valence-electron chi connectivity index (χ0n) is 13.5. The van der Waals surface area contributed by atoms with Gasteiger partial charge in [0.25, 0.3) is 0 Å². The molecule has 2 heterocycles. The number of benzene rings is 1. The predicted molar refractivity (Wildman–Crippen MR) is 91.6 cm³/mol. The van der Waals surface area contributed by atoms with Crippen molar-refractivity contribution in [3.8, 4) is 6.07 Å². The highest BCUT2D eigenvalue weighted by atomic mass is 16.2. The number of fused-ring (bicyclic) bond motifs is 1. The van der Waals surface area contributed by atoms with Gasteiger partial charge in [0.05, 0.1) is 11.6 Å². The summed E-state index contributed by atoms with van der Waals surface area (Å²) in [6.45, 7) is 3.44. The molecule has 0 saturated carbocycles. The standard InChI is InChI=1S/C18H19N5O/c1-14(16-8-6-15(13-19)7-9-16)20-10-4-12-23-18(24)22-11-3-2-5-17(22)21-23/h2-3,5-9,11,14,20H,4,10,12H2,1H3/t14-/m1/s1. The van der Waals surface area contributed by atoms with E-state index in [2.05, 4.69) is 23.4 Å². The van der Waals surface area contributed by atoms with Crippen molar-refractivity contribution >= 4 is 5.65 Å². The lowest BCUT2D eigenvalue weighted by atomic mass is 10.1. The Balaban J connectivity index is 1.53. The number of aryl methyl sites for hydroxylation is 1. The Morgan fingerprint density at radius 1 is 1.25 bits per heavy atom. The average Bonchev–Trinajstić information content (AvgIpc) is 2.95. The molecule has 2 aromatic heterocycles. The molecule has 0 aliphatic rings. The smallest absolute Gasteiger partial charge is 0.310 e. The van der Waals surface area contributed by atoms with E-state index in [4.69, 9.17) is 5.26 Å². The summed E-state index contributed by atoms with van der Waals surface area (Å²) in [5.74, 6) is 0. The van der Waals surface area contributed by atoms with Crippen molar-refractivity contribution in [2.24, 2.45) is 0 Å². The molecular weight excluding hydrogens is 302 g/mol. The van der Waals surface area contributed by atoms with Crippen LogP contribution in [0.3, 0.4) is 0 Å². The van der Waals surface area contributed by atoms with Gasteiger partial charge in [-0.05, 0) is 49.7 Å². The monoisotopic (exact) mass is 321 g/mol. The first-order valence-corrected chi connectivity index (χ1v) is 7.96. The largest absolute Gasteiger partial charge is 0.350 e. The average molecular weight is 321 g/mol. The van der Waals surface area contributed by atoms with E-state index < -0.39 is 0 Å². The molecule has 1 aromatic carbocycles. The van der Waals surface area contributed by atoms with Gasteiger partial charge in [-0.1, -0.05) is 18.2 Å². The highest BCUT2D eigenvalue weighted by Gasteiger charge is 2.07. The molecule has 0 aliphatic carbocycles. The van der Waals surface area contributed by atoms with Gasteiger partial charge in [0, 0.05) is 18.8 Å². The number of aromatic nitrogens is 3. The third-order valence-electron chi connectivity index (χ3n) is 4.03. The van der Waals surface area contributed by atoms with Crippen LogP contribution in [-0.4, -0.2) is 20.7 Å². The third-order valence-corrected chi connectivity index (χ3v) is 4.03. The van der Waals surface area contributed by atoms with E-state index >= 15 is 0 Å². The Labute approximate surface area is 140 Å². The summed E-state index contributed by atoms with van der Waals surface area (Å²) in [5, 5.41) is 16.6. The minimum atomic E-state index is -0.106. The van der Waals surface area contributed by atoms with E-state index in [0.29, 0.717) is 17.8 Å². The Bertz CT molecular complexity index is 917. The van der Waals surface area contributed by atoms with Crippen LogP contribution in [0.5, 0.6) is 0 Å². The van der Waals surface area contributed by atoms with Gasteiger partial charge in [-0.3, -0.25) is 4.40 Å². The quantitative estimate of drug-likeness (QED) is 0.706. The number of rotatable bonds is 6. The van der Waals surface area contributed by atoms with Crippen LogP contribution >= 0.6 is 0 Å². The number of pyridine rings is 1. The lowest BCUT2D eigenvalue weighted by molar-refractivity contribution is 0.499. The molecule has 0 amide bonds. The van der Waals surface area contributed by atoms with Gasteiger partial charge in [0.2, 0.25) is 0 Å². The number of nitriles is 1. The second kappa shape index (κ2) is 7.11. The van der Waals surface area contributed by atoms with Crippen molar-refractivity contribution in [1.29, 1.82) is 5.26 Å². The van der Waals surface area contributed by atoms with Crippen LogP contribution in [0, 0.1) is 11.3 Å². The molecule has 0 fully saturated rings. The SMILES string of the molecule is C[C@@H](NCCCn1nc2ccccn2c1=O)c1ccc(C#N)cc1. The van der Waals surface area contributed by atoms with Crippen LogP contribution in [0.1, 0.15) is 30.5 Å². The molecule has 0 spiro atoms. The number of hydrogen-bond acceptors (Lipinski definition) is 4. The molecule has 6 heteroatoms. The van der Waals surface area contributed by atoms with Gasteiger partial charge in [0.15, 0.2) is 5.65 Å². The van der Waals surface area contributed by atoms with Crippen molar-refractivity contribution in [3.05, 3.63) is 70.3 Å². The minimum Gasteiger partial charge on any atom is -0.310 e. The summed E-state index contributed by atoms with van der Waals surface area (Å²) in [7, 11) is 0. The molecule has 1 atom stereocenters. The summed E-state index contributed by atoms with van der Waals surface area (Å²) in [5.41, 5.74) is 2.36. The Hall–Kier alpha value is -2.91. The van der Waals surface area contributed by atoms with Gasteiger partial charge in [-0.25, -0.2) is 9.48 Å². The number of nitrogens with one attached hydrogen (secondary N) is 1. The van der Waals surface area contributed by atoms with Crippen LogP contribution < -0.4 is 11.0 Å². The molecule has 0 radical (unpaired) electrons. The molecule has 24 heavy (non-hydrogen) atoms. The molecule has 0 bridgehead atoms. The first kappa shape index (κ1) is 16.0. The first-order chi connectivity index (χ1) is 11.7. The normalized spacial score (nSPS) is 12.2. The summed E-state index contributed by atoms with van der Waals surface area (Å²) in [6.07, 6.45) is 2.54. The molecule has 122 valence electrons. The van der Waals surface area contributed by atoms with E-state index in [1.807, 2.05) is 42.5 Å². The van der Waals surface area contributed by atoms with Crippen molar-refractivity contribution in [2.75, 3.05) is 6.54 Å². The van der Waals surface area contributed by atoms with Crippen molar-refractivity contribution < 1.29 is 0 Å². The highest BCUT2D eigenvalue weighted by molar-refractivity contribution is 5.35. The van der Waals surface area contributed by atoms with Crippen LogP contribution in [0.4, 0.5) is 0 Å². The predicted octanol–water partition coefficient (Wildman–Crippen LogP) is 2.11. The summed E-state index contributed by atoms with van der Waals surface area (Å²) >= 11 is 0. The van der Waals surface area contributed by atoms with E-state index in [1.165, 1.54) is 4.68 Å². The lowest BCUT2D eigenvalue weighted by Gasteiger charge is -2.14. The first-order valence-electron chi connectivity index (χ1n) is 7.96. The van der Waals surface area contributed by atoms with Gasteiger partial charge < -0.3 is 5.32 Å². The fourth-order valence-electron chi connectivity index (χ4n) is 2.63. The Morgan fingerprint density at radius 3 is 2.75 bits per heavy atom. The van der Waals surface area contributed by atoms with Gasteiger partial charge in [-0.2, -0.15) is 5.26 Å². The van der Waals surface area contributed by atoms with Crippen molar-refractivity contribution in [3.63, 3.8) is 0 Å². The maximum atomic E-state index is 12.2. The third kappa shape index (κ3) is 3.36. The molecular formula is C18H19N5O. The van der Waals surface area contributed by atoms with Crippen LogP contribution in [0.25, 0.3) is 5.65 Å². The van der Waals surface area contributed by atoms with E-state index in [9.17, 15) is 4.79 Å². The molecule has 0 unspecified atom stereocenters. The highest BCUT2D eigenvalue weighted by Crippen LogP contribution is 2.12. The molecule has 0 saturated heterocycles. The molecule has 0 aliphatic heterocycles. The fraction of sp³-hybridized carbons (Fsp3) is 0.278. The number of nitrogens with zero attached hydrogens (tertiary/aromatic N) is 4. The maximum absolute atomic E-state index is 12.2. The Kier molecular flexibility index (Phi) is 4.73. The molecule has 3 rings (SSSR count). The topological polar surface area (TPSA) is 75.1 Å². The molecule has 6 nitrogen and oxygen atoms in total. The second-order valence-corrected chi connectivity index (χ2v) is 5.70. The van der Waals surface area contributed by atoms with Gasteiger partial charge in [0.1, 0.15) is 0 Å². The summed E-state index contributed by atoms with van der Waals surface area (Å²) < 4.78 is 3.05. The van der Waals surface area contributed by atoms with Gasteiger partial charge >= 0.3 is 5.69 Å². The zero-order chi connectivity index (χ0) is 16.9. The van der Waals surface area contributed by atoms with Crippen LogP contribution in [-0.2, 0) is 6.54 Å². The Morgan fingerprint density at radius 2 is 2.04 bits per heavy atom. The van der Waals surface area contributed by atoms with Crippen LogP contribution in [0.15, 0.2) is 53.5 Å². The lowest BCUT2D eigenvalue weighted by Crippen LogP contribution is -2.25.